The van der Waals surface area contributed by atoms with Crippen LogP contribution < -0.4 is 0 Å². The van der Waals surface area contributed by atoms with Crippen LogP contribution in [0.25, 0.3) is 0 Å². The molecular weight excluding hydrogens is 192 g/mol. The lowest BCUT2D eigenvalue weighted by Gasteiger charge is -2.03. The van der Waals surface area contributed by atoms with Gasteiger partial charge in [0.1, 0.15) is 5.78 Å². The molecule has 0 unspecified atom stereocenters. The number of carbonyl (C=O) groups excluding carboxylic acids is 1. The molecule has 0 bridgehead atoms. The number of carbonyl (C=O) groups is 1. The van der Waals surface area contributed by atoms with Crippen LogP contribution in [0.3, 0.4) is 0 Å². The average Bonchev–Trinajstić information content (AvgIpc) is 2.12. The summed E-state index contributed by atoms with van der Waals surface area (Å²) >= 11 is 1.78. The van der Waals surface area contributed by atoms with Crippen molar-refractivity contribution in [3.05, 3.63) is 0 Å². The maximum Gasteiger partial charge on any atom is 0.142 e. The highest BCUT2D eigenvalue weighted by Gasteiger charge is 2.02. The fourth-order valence-electron chi connectivity index (χ4n) is 1.23. The van der Waals surface area contributed by atoms with E-state index in [-0.39, 0.29) is 0 Å². The molecule has 0 aliphatic rings. The van der Waals surface area contributed by atoms with Crippen LogP contribution >= 0.6 is 11.8 Å². The van der Waals surface area contributed by atoms with Crippen molar-refractivity contribution < 1.29 is 4.79 Å². The third-order valence-electron chi connectivity index (χ3n) is 2.02. The first kappa shape index (κ1) is 14.0. The summed E-state index contributed by atoms with van der Waals surface area (Å²) in [5.41, 5.74) is 0. The monoisotopic (exact) mass is 216 g/mol. The van der Waals surface area contributed by atoms with Gasteiger partial charge in [0.2, 0.25) is 0 Å². The summed E-state index contributed by atoms with van der Waals surface area (Å²) in [6.07, 6.45) is 5.62. The quantitative estimate of drug-likeness (QED) is 0.543. The van der Waals surface area contributed by atoms with Crippen LogP contribution in [-0.2, 0) is 4.79 Å². The van der Waals surface area contributed by atoms with E-state index in [4.69, 9.17) is 0 Å². The van der Waals surface area contributed by atoms with Crippen LogP contribution in [0.2, 0.25) is 0 Å². The molecule has 0 aromatic rings. The molecule has 0 spiro atoms. The number of hydrogen-bond acceptors (Lipinski definition) is 2. The number of thioether (sulfide) groups is 1. The van der Waals surface area contributed by atoms with Crippen molar-refractivity contribution in [3.8, 4) is 0 Å². The predicted octanol–water partition coefficient (Wildman–Crippen LogP) is 3.92. The van der Waals surface area contributed by atoms with Crippen LogP contribution in [-0.4, -0.2) is 17.3 Å². The highest BCUT2D eigenvalue weighted by molar-refractivity contribution is 7.99. The summed E-state index contributed by atoms with van der Waals surface area (Å²) in [4.78, 5) is 11.4. The lowest BCUT2D eigenvalue weighted by molar-refractivity contribution is -0.116. The summed E-state index contributed by atoms with van der Waals surface area (Å²) in [5.74, 6) is 2.98. The molecule has 0 aliphatic carbocycles. The highest BCUT2D eigenvalue weighted by Crippen LogP contribution is 2.10. The first-order valence-electron chi connectivity index (χ1n) is 5.76. The SMILES string of the molecule is CCCCCCC(=O)CSCC(C)C. The summed E-state index contributed by atoms with van der Waals surface area (Å²) in [7, 11) is 0. The van der Waals surface area contributed by atoms with Crippen molar-refractivity contribution in [2.45, 2.75) is 52.9 Å². The van der Waals surface area contributed by atoms with Crippen LogP contribution in [0.4, 0.5) is 0 Å². The second-order valence-corrected chi connectivity index (χ2v) is 5.29. The van der Waals surface area contributed by atoms with Gasteiger partial charge in [0.25, 0.3) is 0 Å². The molecule has 0 aliphatic heterocycles. The van der Waals surface area contributed by atoms with Gasteiger partial charge in [0, 0.05) is 6.42 Å². The van der Waals surface area contributed by atoms with Gasteiger partial charge in [-0.25, -0.2) is 0 Å². The van der Waals surface area contributed by atoms with Crippen molar-refractivity contribution >= 4 is 17.5 Å². The Morgan fingerprint density at radius 1 is 1.21 bits per heavy atom. The Balaban J connectivity index is 3.20. The minimum Gasteiger partial charge on any atom is -0.299 e. The van der Waals surface area contributed by atoms with Gasteiger partial charge in [0.05, 0.1) is 5.75 Å². The third-order valence-corrected chi connectivity index (χ3v) is 3.45. The average molecular weight is 216 g/mol. The number of Topliss-reactive ketones (excluding diaryl/α,β-unsaturated/α-hetero) is 1. The summed E-state index contributed by atoms with van der Waals surface area (Å²) in [6.45, 7) is 6.58. The second kappa shape index (κ2) is 9.57. The molecule has 0 atom stereocenters. The van der Waals surface area contributed by atoms with E-state index < -0.39 is 0 Å². The zero-order chi connectivity index (χ0) is 10.8. The van der Waals surface area contributed by atoms with E-state index in [2.05, 4.69) is 20.8 Å². The third kappa shape index (κ3) is 10.1. The minimum atomic E-state index is 0.437. The minimum absolute atomic E-state index is 0.437. The standard InChI is InChI=1S/C12H24OS/c1-4-5-6-7-8-12(13)10-14-9-11(2)3/h11H,4-10H2,1-3H3. The lowest BCUT2D eigenvalue weighted by Crippen LogP contribution is -2.03. The Morgan fingerprint density at radius 2 is 1.93 bits per heavy atom. The number of rotatable bonds is 9. The van der Waals surface area contributed by atoms with Crippen molar-refractivity contribution in [3.63, 3.8) is 0 Å². The molecule has 1 nitrogen and oxygen atoms in total. The fraction of sp³-hybridized carbons (Fsp3) is 0.917. The molecule has 0 rings (SSSR count). The molecule has 14 heavy (non-hydrogen) atoms. The van der Waals surface area contributed by atoms with Crippen LogP contribution in [0.15, 0.2) is 0 Å². The topological polar surface area (TPSA) is 17.1 Å². The first-order chi connectivity index (χ1) is 6.66. The molecule has 0 fully saturated rings. The Labute approximate surface area is 93.0 Å². The van der Waals surface area contributed by atoms with Gasteiger partial charge in [-0.05, 0) is 18.1 Å². The first-order valence-corrected chi connectivity index (χ1v) is 6.91. The smallest absolute Gasteiger partial charge is 0.142 e. The van der Waals surface area contributed by atoms with Gasteiger partial charge in [-0.2, -0.15) is 11.8 Å². The Kier molecular flexibility index (Phi) is 9.58. The van der Waals surface area contributed by atoms with E-state index >= 15 is 0 Å². The number of unbranched alkanes of at least 4 members (excludes halogenated alkanes) is 3. The van der Waals surface area contributed by atoms with Crippen molar-refractivity contribution in [1.29, 1.82) is 0 Å². The Hall–Kier alpha value is 0.0200. The normalized spacial score (nSPS) is 10.9. The largest absolute Gasteiger partial charge is 0.299 e. The van der Waals surface area contributed by atoms with Gasteiger partial charge >= 0.3 is 0 Å². The van der Waals surface area contributed by atoms with E-state index in [1.54, 1.807) is 11.8 Å². The van der Waals surface area contributed by atoms with E-state index in [1.807, 2.05) is 0 Å². The van der Waals surface area contributed by atoms with E-state index in [0.717, 1.165) is 24.3 Å². The molecule has 0 aromatic heterocycles. The van der Waals surface area contributed by atoms with Crippen LogP contribution in [0.1, 0.15) is 52.9 Å². The van der Waals surface area contributed by atoms with Crippen LogP contribution in [0, 0.1) is 5.92 Å². The van der Waals surface area contributed by atoms with Crippen LogP contribution in [0.5, 0.6) is 0 Å². The van der Waals surface area contributed by atoms with Gasteiger partial charge in [-0.3, -0.25) is 4.79 Å². The molecule has 0 radical (unpaired) electrons. The van der Waals surface area contributed by atoms with Gasteiger partial charge in [-0.15, -0.1) is 0 Å². The second-order valence-electron chi connectivity index (χ2n) is 4.26. The summed E-state index contributed by atoms with van der Waals surface area (Å²) in [5, 5.41) is 0. The van der Waals surface area contributed by atoms with E-state index in [1.165, 1.54) is 19.3 Å². The summed E-state index contributed by atoms with van der Waals surface area (Å²) in [6, 6.07) is 0. The number of ketones is 1. The van der Waals surface area contributed by atoms with Gasteiger partial charge in [0.15, 0.2) is 0 Å². The molecule has 2 heteroatoms. The molecule has 0 amide bonds. The highest BCUT2D eigenvalue weighted by atomic mass is 32.2. The fourth-order valence-corrected chi connectivity index (χ4v) is 2.19. The molecular formula is C12H24OS. The Bertz CT molecular complexity index is 143. The predicted molar refractivity (Wildman–Crippen MR) is 65.9 cm³/mol. The molecule has 0 heterocycles. The Morgan fingerprint density at radius 3 is 2.50 bits per heavy atom. The zero-order valence-corrected chi connectivity index (χ0v) is 10.7. The van der Waals surface area contributed by atoms with E-state index in [9.17, 15) is 4.79 Å². The molecule has 0 N–H and O–H groups in total. The number of hydrogen-bond donors (Lipinski definition) is 0. The zero-order valence-electron chi connectivity index (χ0n) is 9.84. The van der Waals surface area contributed by atoms with Gasteiger partial charge < -0.3 is 0 Å². The van der Waals surface area contributed by atoms with Crippen molar-refractivity contribution in [2.24, 2.45) is 5.92 Å². The molecule has 0 saturated carbocycles. The molecule has 84 valence electrons. The lowest BCUT2D eigenvalue weighted by atomic mass is 10.1. The van der Waals surface area contributed by atoms with Crippen molar-refractivity contribution in [1.82, 2.24) is 0 Å². The van der Waals surface area contributed by atoms with E-state index in [0.29, 0.717) is 11.7 Å². The van der Waals surface area contributed by atoms with Gasteiger partial charge in [-0.1, -0.05) is 40.0 Å². The summed E-state index contributed by atoms with van der Waals surface area (Å²) < 4.78 is 0. The molecule has 0 saturated heterocycles. The maximum atomic E-state index is 11.4. The maximum absolute atomic E-state index is 11.4. The molecule has 0 aromatic carbocycles. The van der Waals surface area contributed by atoms with Crippen molar-refractivity contribution in [2.75, 3.05) is 11.5 Å².